The number of carbonyl (C=O) groups excluding carboxylic acids is 2. The first-order valence-electron chi connectivity index (χ1n) is 7.53. The third kappa shape index (κ3) is 3.37. The zero-order valence-corrected chi connectivity index (χ0v) is 13.7. The Kier molecular flexibility index (Phi) is 4.88. The molecule has 0 N–H and O–H groups in total. The maximum atomic E-state index is 12.0. The lowest BCUT2D eigenvalue weighted by Gasteiger charge is -2.24. The fourth-order valence-electron chi connectivity index (χ4n) is 3.52. The maximum Gasteiger partial charge on any atom is 0.224 e. The number of rotatable bonds is 4. The van der Waals surface area contributed by atoms with Gasteiger partial charge in [-0.05, 0) is 13.0 Å². The lowest BCUT2D eigenvalue weighted by molar-refractivity contribution is -0.131. The molecule has 2 aliphatic heterocycles. The predicted molar refractivity (Wildman–Crippen MR) is 79.8 cm³/mol. The predicted octanol–water partition coefficient (Wildman–Crippen LogP) is -0.112. The molecule has 0 spiro atoms. The monoisotopic (exact) mass is 297 g/mol. The summed E-state index contributed by atoms with van der Waals surface area (Å²) < 4.78 is 5.87. The molecule has 0 aromatic heterocycles. The summed E-state index contributed by atoms with van der Waals surface area (Å²) in [5.74, 6) is 0.798. The molecule has 4 atom stereocenters. The lowest BCUT2D eigenvalue weighted by atomic mass is 9.84. The van der Waals surface area contributed by atoms with Gasteiger partial charge in [0.1, 0.15) is 0 Å². The van der Waals surface area contributed by atoms with E-state index in [1.54, 1.807) is 38.0 Å². The van der Waals surface area contributed by atoms with Gasteiger partial charge >= 0.3 is 0 Å². The van der Waals surface area contributed by atoms with Crippen LogP contribution in [0.2, 0.25) is 0 Å². The normalized spacial score (nSPS) is 32.0. The van der Waals surface area contributed by atoms with Crippen molar-refractivity contribution in [2.45, 2.75) is 25.0 Å². The molecule has 2 aliphatic rings. The maximum absolute atomic E-state index is 12.0. The van der Waals surface area contributed by atoms with Gasteiger partial charge in [-0.1, -0.05) is 0 Å². The highest BCUT2D eigenvalue weighted by atomic mass is 16.5. The number of likely N-dealkylation sites (tertiary alicyclic amines) is 1. The average Bonchev–Trinajstić information content (AvgIpc) is 2.93. The van der Waals surface area contributed by atoms with Gasteiger partial charge in [0.15, 0.2) is 0 Å². The molecule has 0 saturated carbocycles. The van der Waals surface area contributed by atoms with Gasteiger partial charge in [0.05, 0.1) is 19.1 Å². The van der Waals surface area contributed by atoms with Gasteiger partial charge in [0, 0.05) is 53.1 Å². The Balaban J connectivity index is 2.06. The van der Waals surface area contributed by atoms with Crippen LogP contribution in [0.4, 0.5) is 0 Å². The largest absolute Gasteiger partial charge is 0.376 e. The van der Waals surface area contributed by atoms with E-state index < -0.39 is 0 Å². The number of ether oxygens (including phenoxy) is 1. The molecule has 0 radical (unpaired) electrons. The molecule has 6 heteroatoms. The molecule has 120 valence electrons. The first-order chi connectivity index (χ1) is 9.81. The van der Waals surface area contributed by atoms with Gasteiger partial charge in [-0.3, -0.25) is 9.59 Å². The molecule has 21 heavy (non-hydrogen) atoms. The third-order valence-electron chi connectivity index (χ3n) is 4.80. The first-order valence-corrected chi connectivity index (χ1v) is 7.53. The molecule has 2 fully saturated rings. The van der Waals surface area contributed by atoms with Gasteiger partial charge in [-0.25, -0.2) is 0 Å². The summed E-state index contributed by atoms with van der Waals surface area (Å²) in [5.41, 5.74) is 0. The minimum atomic E-state index is -0.0604. The number of carbonyl (C=O) groups is 2. The van der Waals surface area contributed by atoms with Crippen LogP contribution in [-0.2, 0) is 14.3 Å². The van der Waals surface area contributed by atoms with Crippen molar-refractivity contribution < 1.29 is 14.3 Å². The summed E-state index contributed by atoms with van der Waals surface area (Å²) in [7, 11) is 9.19. The van der Waals surface area contributed by atoms with Crippen LogP contribution in [-0.4, -0.2) is 87.0 Å². The quantitative estimate of drug-likeness (QED) is 0.726. The second kappa shape index (κ2) is 6.32. The molecule has 0 unspecified atom stereocenters. The molecular weight excluding hydrogens is 270 g/mol. The minimum Gasteiger partial charge on any atom is -0.376 e. The minimum absolute atomic E-state index is 0.0604. The van der Waals surface area contributed by atoms with Crippen molar-refractivity contribution in [1.82, 2.24) is 14.7 Å². The summed E-state index contributed by atoms with van der Waals surface area (Å²) in [4.78, 5) is 29.5. The summed E-state index contributed by atoms with van der Waals surface area (Å²) in [5, 5.41) is 0. The zero-order valence-electron chi connectivity index (χ0n) is 13.7. The second-order valence-corrected chi connectivity index (χ2v) is 6.70. The van der Waals surface area contributed by atoms with Crippen LogP contribution in [0, 0.1) is 11.8 Å². The van der Waals surface area contributed by atoms with Crippen LogP contribution in [0.25, 0.3) is 0 Å². The van der Waals surface area contributed by atoms with Crippen molar-refractivity contribution in [3.63, 3.8) is 0 Å². The van der Waals surface area contributed by atoms with E-state index in [-0.39, 0.29) is 29.8 Å². The van der Waals surface area contributed by atoms with Gasteiger partial charge in [0.25, 0.3) is 0 Å². The number of hydrogen-bond donors (Lipinski definition) is 0. The number of likely N-dealkylation sites (N-methyl/N-ethyl adjacent to an activating group) is 1. The van der Waals surface area contributed by atoms with E-state index >= 15 is 0 Å². The van der Waals surface area contributed by atoms with Crippen LogP contribution in [0.5, 0.6) is 0 Å². The average molecular weight is 297 g/mol. The Morgan fingerprint density at radius 1 is 1.10 bits per heavy atom. The Morgan fingerprint density at radius 3 is 2.24 bits per heavy atom. The van der Waals surface area contributed by atoms with Crippen LogP contribution in [0.1, 0.15) is 12.8 Å². The van der Waals surface area contributed by atoms with Crippen LogP contribution in [0.15, 0.2) is 0 Å². The molecule has 0 aromatic rings. The third-order valence-corrected chi connectivity index (χ3v) is 4.80. The highest BCUT2D eigenvalue weighted by Gasteiger charge is 2.50. The Bertz CT molecular complexity index is 411. The van der Waals surface area contributed by atoms with Crippen molar-refractivity contribution in [3.05, 3.63) is 0 Å². The highest BCUT2D eigenvalue weighted by Crippen LogP contribution is 2.40. The van der Waals surface area contributed by atoms with Crippen molar-refractivity contribution in [2.75, 3.05) is 48.4 Å². The summed E-state index contributed by atoms with van der Waals surface area (Å²) in [6, 6.07) is 0.338. The van der Waals surface area contributed by atoms with E-state index in [0.717, 1.165) is 6.54 Å². The van der Waals surface area contributed by atoms with Crippen LogP contribution in [0.3, 0.4) is 0 Å². The standard InChI is InChI=1S/C15H27N3O3/c1-16(2)13(19)6-10-8-18(5)11-9-21-12(15(10)11)7-14(20)17(3)4/h10-12,15H,6-9H2,1-5H3/t10-,11-,12+,15-/m1/s1. The van der Waals surface area contributed by atoms with Crippen LogP contribution >= 0.6 is 0 Å². The lowest BCUT2D eigenvalue weighted by Crippen LogP contribution is -2.35. The Morgan fingerprint density at radius 2 is 1.67 bits per heavy atom. The van der Waals surface area contributed by atoms with E-state index in [1.165, 1.54) is 0 Å². The molecule has 0 aromatic carbocycles. The smallest absolute Gasteiger partial charge is 0.224 e. The Hall–Kier alpha value is -1.14. The second-order valence-electron chi connectivity index (χ2n) is 6.70. The molecule has 2 rings (SSSR count). The molecule has 2 amide bonds. The number of hydrogen-bond acceptors (Lipinski definition) is 4. The van der Waals surface area contributed by atoms with Gasteiger partial charge in [-0.15, -0.1) is 0 Å². The van der Waals surface area contributed by atoms with Crippen LogP contribution < -0.4 is 0 Å². The Labute approximate surface area is 127 Å². The number of nitrogens with zero attached hydrogens (tertiary/aromatic N) is 3. The molecule has 6 nitrogen and oxygen atoms in total. The van der Waals surface area contributed by atoms with Gasteiger partial charge < -0.3 is 19.4 Å². The van der Waals surface area contributed by atoms with E-state index in [9.17, 15) is 9.59 Å². The molecule has 2 saturated heterocycles. The molecule has 0 aliphatic carbocycles. The van der Waals surface area contributed by atoms with E-state index in [2.05, 4.69) is 11.9 Å². The molecule has 2 heterocycles. The van der Waals surface area contributed by atoms with Crippen molar-refractivity contribution in [3.8, 4) is 0 Å². The summed E-state index contributed by atoms with van der Waals surface area (Å²) in [6.45, 7) is 1.57. The molecule has 0 bridgehead atoms. The molecular formula is C15H27N3O3. The fraction of sp³-hybridized carbons (Fsp3) is 0.867. The highest BCUT2D eigenvalue weighted by molar-refractivity contribution is 5.77. The fourth-order valence-corrected chi connectivity index (χ4v) is 3.52. The topological polar surface area (TPSA) is 53.1 Å². The van der Waals surface area contributed by atoms with Crippen molar-refractivity contribution >= 4 is 11.8 Å². The number of amides is 2. The van der Waals surface area contributed by atoms with Gasteiger partial charge in [0.2, 0.25) is 11.8 Å². The number of fused-ring (bicyclic) bond motifs is 1. The van der Waals surface area contributed by atoms with Gasteiger partial charge in [-0.2, -0.15) is 0 Å². The van der Waals surface area contributed by atoms with E-state index in [1.807, 2.05) is 0 Å². The zero-order chi connectivity index (χ0) is 15.7. The first kappa shape index (κ1) is 16.2. The van der Waals surface area contributed by atoms with Crippen molar-refractivity contribution in [2.24, 2.45) is 11.8 Å². The summed E-state index contributed by atoms with van der Waals surface area (Å²) in [6.07, 6.45) is 0.887. The summed E-state index contributed by atoms with van der Waals surface area (Å²) >= 11 is 0. The van der Waals surface area contributed by atoms with E-state index in [4.69, 9.17) is 4.74 Å². The van der Waals surface area contributed by atoms with E-state index in [0.29, 0.717) is 25.5 Å². The van der Waals surface area contributed by atoms with Crippen molar-refractivity contribution in [1.29, 1.82) is 0 Å². The SMILES string of the molecule is CN(C)C(=O)C[C@@H]1CN(C)[C@@H]2CO[C@@H](CC(=O)N(C)C)[C@H]12.